The van der Waals surface area contributed by atoms with Crippen LogP contribution in [0.3, 0.4) is 0 Å². The molecule has 0 aromatic carbocycles. The van der Waals surface area contributed by atoms with Crippen LogP contribution >= 0.6 is 0 Å². The molecule has 0 aromatic heterocycles. The highest BCUT2D eigenvalue weighted by Gasteiger charge is 2.37. The smallest absolute Gasteiger partial charge is 0.0933 e. The van der Waals surface area contributed by atoms with Crippen molar-refractivity contribution in [3.63, 3.8) is 0 Å². The summed E-state index contributed by atoms with van der Waals surface area (Å²) in [6.07, 6.45) is 26.0. The average molecular weight is 397 g/mol. The van der Waals surface area contributed by atoms with E-state index in [0.29, 0.717) is 5.54 Å². The van der Waals surface area contributed by atoms with Crippen LogP contribution in [0.25, 0.3) is 0 Å². The van der Waals surface area contributed by atoms with E-state index in [4.69, 9.17) is 0 Å². The molecule has 0 amide bonds. The second-order valence-corrected chi connectivity index (χ2v) is 10.3. The van der Waals surface area contributed by atoms with E-state index < -0.39 is 0 Å². The number of nitrogens with zero attached hydrogens (tertiary/aromatic N) is 1. The molecule has 0 heterocycles. The van der Waals surface area contributed by atoms with E-state index in [1.165, 1.54) is 133 Å². The molecule has 0 saturated carbocycles. The first-order chi connectivity index (χ1) is 13.4. The van der Waals surface area contributed by atoms with Crippen LogP contribution in [0.2, 0.25) is 0 Å². The van der Waals surface area contributed by atoms with E-state index in [1.54, 1.807) is 0 Å². The van der Waals surface area contributed by atoms with Gasteiger partial charge in [0.15, 0.2) is 0 Å². The van der Waals surface area contributed by atoms with Crippen LogP contribution in [-0.2, 0) is 0 Å². The molecule has 0 aliphatic carbocycles. The summed E-state index contributed by atoms with van der Waals surface area (Å²) in [5, 5.41) is 0. The minimum atomic E-state index is 0.431. The molecule has 0 spiro atoms. The Morgan fingerprint density at radius 3 is 1.18 bits per heavy atom. The Morgan fingerprint density at radius 2 is 0.857 bits per heavy atom. The number of unbranched alkanes of at least 4 members (excludes halogenated alkanes) is 15. The minimum Gasteiger partial charge on any atom is -0.322 e. The van der Waals surface area contributed by atoms with Crippen LogP contribution in [0.5, 0.6) is 0 Å². The highest BCUT2D eigenvalue weighted by Crippen LogP contribution is 2.29. The summed E-state index contributed by atoms with van der Waals surface area (Å²) in [6.45, 7) is 14.6. The van der Waals surface area contributed by atoms with Crippen LogP contribution in [0.4, 0.5) is 0 Å². The number of hydrogen-bond donors (Lipinski definition) is 0. The van der Waals surface area contributed by atoms with Gasteiger partial charge in [-0.15, -0.1) is 0 Å². The highest BCUT2D eigenvalue weighted by atomic mass is 15.4. The van der Waals surface area contributed by atoms with E-state index in [0.717, 1.165) is 0 Å². The molecular weight excluding hydrogens is 338 g/mol. The van der Waals surface area contributed by atoms with Crippen molar-refractivity contribution in [1.29, 1.82) is 0 Å². The molecule has 28 heavy (non-hydrogen) atoms. The molecule has 0 aliphatic rings. The largest absolute Gasteiger partial charge is 0.322 e. The van der Waals surface area contributed by atoms with Gasteiger partial charge in [0.25, 0.3) is 0 Å². The lowest BCUT2D eigenvalue weighted by Gasteiger charge is -2.47. The zero-order valence-corrected chi connectivity index (χ0v) is 21.1. The average Bonchev–Trinajstić information content (AvgIpc) is 2.67. The fraction of sp³-hybridized carbons (Fsp3) is 1.00. The molecule has 0 fully saturated rings. The van der Waals surface area contributed by atoms with Crippen molar-refractivity contribution < 1.29 is 4.48 Å². The van der Waals surface area contributed by atoms with Gasteiger partial charge >= 0.3 is 0 Å². The molecule has 0 aromatic rings. The van der Waals surface area contributed by atoms with E-state index in [2.05, 4.69) is 41.7 Å². The topological polar surface area (TPSA) is 0 Å². The van der Waals surface area contributed by atoms with Gasteiger partial charge in [0.2, 0.25) is 0 Å². The number of rotatable bonds is 21. The molecule has 1 heteroatoms. The summed E-state index contributed by atoms with van der Waals surface area (Å²) < 4.78 is 1.24. The normalized spacial score (nSPS) is 14.4. The van der Waals surface area contributed by atoms with Gasteiger partial charge in [-0.05, 0) is 33.6 Å². The van der Waals surface area contributed by atoms with Crippen molar-refractivity contribution in [2.24, 2.45) is 0 Å². The Kier molecular flexibility index (Phi) is 17.8. The molecule has 0 saturated heterocycles. The Hall–Kier alpha value is -0.0400. The van der Waals surface area contributed by atoms with Gasteiger partial charge in [0.05, 0.1) is 25.7 Å². The second-order valence-electron chi connectivity index (χ2n) is 10.3. The maximum absolute atomic E-state index is 2.50. The van der Waals surface area contributed by atoms with Crippen molar-refractivity contribution >= 4 is 0 Å². The Morgan fingerprint density at radius 1 is 0.500 bits per heavy atom. The van der Waals surface area contributed by atoms with Crippen molar-refractivity contribution in [2.75, 3.05) is 20.1 Å². The third kappa shape index (κ3) is 13.2. The molecule has 0 bridgehead atoms. The monoisotopic (exact) mass is 396 g/mol. The van der Waals surface area contributed by atoms with Gasteiger partial charge in [0.1, 0.15) is 0 Å². The predicted molar refractivity (Wildman–Crippen MR) is 130 cm³/mol. The lowest BCUT2D eigenvalue weighted by atomic mass is 9.91. The molecule has 170 valence electrons. The summed E-state index contributed by atoms with van der Waals surface area (Å²) in [6, 6.07) is 0. The number of quaternary nitrogens is 1. The van der Waals surface area contributed by atoms with Crippen molar-refractivity contribution in [3.8, 4) is 0 Å². The first-order valence-electron chi connectivity index (χ1n) is 13.3. The highest BCUT2D eigenvalue weighted by molar-refractivity contribution is 4.70. The predicted octanol–water partition coefficient (Wildman–Crippen LogP) is 9.29. The Labute approximate surface area is 180 Å². The van der Waals surface area contributed by atoms with Crippen molar-refractivity contribution in [3.05, 3.63) is 0 Å². The standard InChI is InChI=1S/C27H58N/c1-7-10-11-12-13-14-15-16-17-18-19-20-21-22-23-24-25-27(4,5)28(6,9-3)26-8-2/h7-26H2,1-6H3/q+1. The third-order valence-corrected chi connectivity index (χ3v) is 7.52. The Bertz CT molecular complexity index is 322. The van der Waals surface area contributed by atoms with Crippen LogP contribution in [0.1, 0.15) is 150 Å². The van der Waals surface area contributed by atoms with Gasteiger partial charge in [-0.1, -0.05) is 110 Å². The molecule has 0 N–H and O–H groups in total. The van der Waals surface area contributed by atoms with Crippen LogP contribution in [0, 0.1) is 0 Å². The molecule has 1 atom stereocenters. The zero-order valence-electron chi connectivity index (χ0n) is 21.1. The molecule has 1 nitrogen and oxygen atoms in total. The van der Waals surface area contributed by atoms with Gasteiger partial charge in [-0.2, -0.15) is 0 Å². The van der Waals surface area contributed by atoms with E-state index in [9.17, 15) is 0 Å². The molecule has 0 rings (SSSR count). The fourth-order valence-corrected chi connectivity index (χ4v) is 4.76. The lowest BCUT2D eigenvalue weighted by molar-refractivity contribution is -0.954. The summed E-state index contributed by atoms with van der Waals surface area (Å²) in [7, 11) is 2.47. The van der Waals surface area contributed by atoms with Gasteiger partial charge < -0.3 is 4.48 Å². The molecule has 1 unspecified atom stereocenters. The maximum Gasteiger partial charge on any atom is 0.0933 e. The summed E-state index contributed by atoms with van der Waals surface area (Å²) >= 11 is 0. The maximum atomic E-state index is 2.50. The van der Waals surface area contributed by atoms with Crippen LogP contribution in [-0.4, -0.2) is 30.2 Å². The van der Waals surface area contributed by atoms with Gasteiger partial charge in [-0.25, -0.2) is 0 Å². The second kappa shape index (κ2) is 17.8. The fourth-order valence-electron chi connectivity index (χ4n) is 4.76. The van der Waals surface area contributed by atoms with E-state index in [1.807, 2.05) is 0 Å². The van der Waals surface area contributed by atoms with E-state index >= 15 is 0 Å². The van der Waals surface area contributed by atoms with Crippen molar-refractivity contribution in [2.45, 2.75) is 156 Å². The van der Waals surface area contributed by atoms with Crippen molar-refractivity contribution in [1.82, 2.24) is 0 Å². The van der Waals surface area contributed by atoms with Gasteiger partial charge in [0, 0.05) is 6.42 Å². The zero-order chi connectivity index (χ0) is 21.1. The SMILES string of the molecule is CCCCCCCCCCCCCCCCCCC(C)(C)[N+](C)(CC)CCC. The number of hydrogen-bond acceptors (Lipinski definition) is 0. The van der Waals surface area contributed by atoms with Gasteiger partial charge in [-0.3, -0.25) is 0 Å². The van der Waals surface area contributed by atoms with Crippen LogP contribution < -0.4 is 0 Å². The molecule has 0 aliphatic heterocycles. The molecule has 0 radical (unpaired) electrons. The first kappa shape index (κ1) is 28.0. The third-order valence-electron chi connectivity index (χ3n) is 7.52. The summed E-state index contributed by atoms with van der Waals surface area (Å²) in [5.74, 6) is 0. The first-order valence-corrected chi connectivity index (χ1v) is 13.3. The van der Waals surface area contributed by atoms with Crippen LogP contribution in [0.15, 0.2) is 0 Å². The summed E-state index contributed by atoms with van der Waals surface area (Å²) in [5.41, 5.74) is 0.431. The lowest BCUT2D eigenvalue weighted by Crippen LogP contribution is -2.59. The quantitative estimate of drug-likeness (QED) is 0.134. The summed E-state index contributed by atoms with van der Waals surface area (Å²) in [4.78, 5) is 0. The Balaban J connectivity index is 3.46. The minimum absolute atomic E-state index is 0.431. The molecular formula is C27H58N+. The van der Waals surface area contributed by atoms with E-state index in [-0.39, 0.29) is 0 Å².